The molecule has 2 aliphatic heterocycles. The Morgan fingerprint density at radius 3 is 2.72 bits per heavy atom. The Labute approximate surface area is 147 Å². The van der Waals surface area contributed by atoms with Gasteiger partial charge in [-0.3, -0.25) is 9.59 Å². The van der Waals surface area contributed by atoms with E-state index in [1.54, 1.807) is 20.3 Å². The summed E-state index contributed by atoms with van der Waals surface area (Å²) in [7, 11) is 3.14. The fourth-order valence-corrected chi connectivity index (χ4v) is 3.38. The molecule has 3 unspecified atom stereocenters. The van der Waals surface area contributed by atoms with E-state index in [2.05, 4.69) is 10.6 Å². The highest BCUT2D eigenvalue weighted by Gasteiger charge is 2.34. The molecule has 0 spiro atoms. The van der Waals surface area contributed by atoms with Crippen molar-refractivity contribution < 1.29 is 23.8 Å². The Morgan fingerprint density at radius 1 is 1.24 bits per heavy atom. The third-order valence-corrected chi connectivity index (χ3v) is 4.72. The minimum Gasteiger partial charge on any atom is -0.493 e. The van der Waals surface area contributed by atoms with Gasteiger partial charge in [0.1, 0.15) is 6.10 Å². The third kappa shape index (κ3) is 3.87. The van der Waals surface area contributed by atoms with Crippen LogP contribution in [0.25, 0.3) is 0 Å². The summed E-state index contributed by atoms with van der Waals surface area (Å²) < 4.78 is 16.1. The number of hydrogen-bond acceptors (Lipinski definition) is 5. The van der Waals surface area contributed by atoms with E-state index in [1.807, 2.05) is 12.1 Å². The van der Waals surface area contributed by atoms with Crippen LogP contribution in [0, 0.1) is 0 Å². The van der Waals surface area contributed by atoms with E-state index in [1.165, 1.54) is 0 Å². The van der Waals surface area contributed by atoms with Gasteiger partial charge in [0.2, 0.25) is 11.8 Å². The van der Waals surface area contributed by atoms with Crippen molar-refractivity contribution in [1.82, 2.24) is 10.6 Å². The first kappa shape index (κ1) is 17.5. The van der Waals surface area contributed by atoms with Gasteiger partial charge in [-0.15, -0.1) is 0 Å². The summed E-state index contributed by atoms with van der Waals surface area (Å²) in [6.07, 6.45) is 2.23. The van der Waals surface area contributed by atoms with Crippen LogP contribution in [0.3, 0.4) is 0 Å². The predicted molar refractivity (Wildman–Crippen MR) is 90.6 cm³/mol. The predicted octanol–water partition coefficient (Wildman–Crippen LogP) is 1.32. The Morgan fingerprint density at radius 2 is 2.04 bits per heavy atom. The summed E-state index contributed by atoms with van der Waals surface area (Å²) in [5.74, 6) is 1.07. The number of carbonyl (C=O) groups excluding carboxylic acids is 2. The van der Waals surface area contributed by atoms with Crippen molar-refractivity contribution in [2.24, 2.45) is 0 Å². The molecule has 7 nitrogen and oxygen atoms in total. The van der Waals surface area contributed by atoms with Gasteiger partial charge < -0.3 is 24.8 Å². The van der Waals surface area contributed by atoms with Crippen molar-refractivity contribution in [3.8, 4) is 11.5 Å². The van der Waals surface area contributed by atoms with Gasteiger partial charge in [-0.2, -0.15) is 0 Å². The topological polar surface area (TPSA) is 85.9 Å². The molecule has 0 radical (unpaired) electrons. The van der Waals surface area contributed by atoms with E-state index in [9.17, 15) is 9.59 Å². The Bertz CT molecular complexity index is 642. The van der Waals surface area contributed by atoms with Crippen LogP contribution in [0.4, 0.5) is 0 Å². The van der Waals surface area contributed by atoms with E-state index in [-0.39, 0.29) is 30.0 Å². The molecule has 1 aromatic carbocycles. The average molecular weight is 348 g/mol. The highest BCUT2D eigenvalue weighted by molar-refractivity contribution is 5.82. The van der Waals surface area contributed by atoms with Crippen LogP contribution in [0.5, 0.6) is 11.5 Å². The zero-order valence-corrected chi connectivity index (χ0v) is 14.5. The lowest BCUT2D eigenvalue weighted by Gasteiger charge is -2.34. The van der Waals surface area contributed by atoms with Crippen molar-refractivity contribution in [1.29, 1.82) is 0 Å². The number of benzene rings is 1. The van der Waals surface area contributed by atoms with E-state index >= 15 is 0 Å². The second-order valence-corrected chi connectivity index (χ2v) is 6.32. The monoisotopic (exact) mass is 348 g/mol. The molecule has 2 amide bonds. The summed E-state index contributed by atoms with van der Waals surface area (Å²) in [4.78, 5) is 24.3. The fraction of sp³-hybridized carbons (Fsp3) is 0.556. The van der Waals surface area contributed by atoms with E-state index in [0.717, 1.165) is 18.4 Å². The molecule has 2 aliphatic rings. The van der Waals surface area contributed by atoms with Gasteiger partial charge in [0.25, 0.3) is 0 Å². The molecule has 0 bridgehead atoms. The van der Waals surface area contributed by atoms with Gasteiger partial charge in [-0.1, -0.05) is 6.07 Å². The number of hydrogen-bond donors (Lipinski definition) is 2. The van der Waals surface area contributed by atoms with Gasteiger partial charge in [0, 0.05) is 13.0 Å². The molecular weight excluding hydrogens is 324 g/mol. The largest absolute Gasteiger partial charge is 0.493 e. The summed E-state index contributed by atoms with van der Waals surface area (Å²) in [5.41, 5.74) is 0.864. The smallest absolute Gasteiger partial charge is 0.249 e. The van der Waals surface area contributed by atoms with Crippen LogP contribution in [-0.2, 0) is 14.3 Å². The summed E-state index contributed by atoms with van der Waals surface area (Å²) in [5, 5.41) is 6.02. The number of carbonyl (C=O) groups is 2. The zero-order chi connectivity index (χ0) is 17.8. The van der Waals surface area contributed by atoms with Crippen LogP contribution >= 0.6 is 0 Å². The molecule has 2 saturated heterocycles. The molecule has 136 valence electrons. The van der Waals surface area contributed by atoms with Crippen LogP contribution in [0.1, 0.15) is 37.3 Å². The normalized spacial score (nSPS) is 26.0. The SMILES string of the molecule is COc1ccc(C2NC(=O)CCC2NC(=O)C2CCCO2)cc1OC. The maximum Gasteiger partial charge on any atom is 0.249 e. The molecule has 2 fully saturated rings. The lowest BCUT2D eigenvalue weighted by molar-refractivity contribution is -0.132. The first-order valence-corrected chi connectivity index (χ1v) is 8.55. The standard InChI is InChI=1S/C18H24N2O5/c1-23-13-7-5-11(10-15(13)24-2)17-12(6-8-16(21)20-17)19-18(22)14-4-3-9-25-14/h5,7,10,12,14,17H,3-4,6,8-9H2,1-2H3,(H,19,22)(H,20,21). The van der Waals surface area contributed by atoms with Crippen molar-refractivity contribution in [2.45, 2.75) is 43.9 Å². The van der Waals surface area contributed by atoms with Crippen LogP contribution in [0.2, 0.25) is 0 Å². The highest BCUT2D eigenvalue weighted by Crippen LogP contribution is 2.33. The minimum absolute atomic E-state index is 0.0256. The lowest BCUT2D eigenvalue weighted by atomic mass is 9.91. The second-order valence-electron chi connectivity index (χ2n) is 6.32. The van der Waals surface area contributed by atoms with Gasteiger partial charge in [-0.05, 0) is 37.0 Å². The van der Waals surface area contributed by atoms with Crippen LogP contribution < -0.4 is 20.1 Å². The Kier molecular flexibility index (Phi) is 5.43. The number of amides is 2. The van der Waals surface area contributed by atoms with E-state index in [0.29, 0.717) is 30.9 Å². The fourth-order valence-electron chi connectivity index (χ4n) is 3.38. The number of methoxy groups -OCH3 is 2. The maximum absolute atomic E-state index is 12.4. The number of nitrogens with one attached hydrogen (secondary N) is 2. The molecule has 25 heavy (non-hydrogen) atoms. The number of ether oxygens (including phenoxy) is 3. The van der Waals surface area contributed by atoms with Gasteiger partial charge in [0.05, 0.1) is 26.3 Å². The molecule has 0 aromatic heterocycles. The number of piperidine rings is 1. The molecule has 0 aliphatic carbocycles. The van der Waals surface area contributed by atoms with Gasteiger partial charge in [0.15, 0.2) is 11.5 Å². The van der Waals surface area contributed by atoms with Crippen molar-refractivity contribution in [3.63, 3.8) is 0 Å². The first-order valence-electron chi connectivity index (χ1n) is 8.55. The molecule has 0 saturated carbocycles. The first-order chi connectivity index (χ1) is 12.1. The van der Waals surface area contributed by atoms with Crippen molar-refractivity contribution in [2.75, 3.05) is 20.8 Å². The molecule has 2 heterocycles. The Balaban J connectivity index is 1.79. The van der Waals surface area contributed by atoms with Crippen molar-refractivity contribution in [3.05, 3.63) is 23.8 Å². The average Bonchev–Trinajstić information content (AvgIpc) is 3.17. The Hall–Kier alpha value is -2.28. The molecule has 3 atom stereocenters. The van der Waals surface area contributed by atoms with Crippen LogP contribution in [0.15, 0.2) is 18.2 Å². The van der Waals surface area contributed by atoms with E-state index < -0.39 is 0 Å². The molecule has 2 N–H and O–H groups in total. The molecule has 3 rings (SSSR count). The minimum atomic E-state index is -0.385. The number of rotatable bonds is 5. The van der Waals surface area contributed by atoms with Crippen molar-refractivity contribution >= 4 is 11.8 Å². The second kappa shape index (κ2) is 7.74. The maximum atomic E-state index is 12.4. The molecule has 7 heteroatoms. The molecular formula is C18H24N2O5. The van der Waals surface area contributed by atoms with Gasteiger partial charge in [-0.25, -0.2) is 0 Å². The highest BCUT2D eigenvalue weighted by atomic mass is 16.5. The summed E-state index contributed by atoms with van der Waals surface area (Å²) in [6.45, 7) is 0.624. The third-order valence-electron chi connectivity index (χ3n) is 4.72. The van der Waals surface area contributed by atoms with Crippen LogP contribution in [-0.4, -0.2) is 44.8 Å². The van der Waals surface area contributed by atoms with Gasteiger partial charge >= 0.3 is 0 Å². The summed E-state index contributed by atoms with van der Waals surface area (Å²) in [6, 6.07) is 5.01. The molecule has 1 aromatic rings. The van der Waals surface area contributed by atoms with E-state index in [4.69, 9.17) is 14.2 Å². The lowest BCUT2D eigenvalue weighted by Crippen LogP contribution is -2.52. The quantitative estimate of drug-likeness (QED) is 0.838. The summed E-state index contributed by atoms with van der Waals surface area (Å²) >= 11 is 0. The zero-order valence-electron chi connectivity index (χ0n) is 14.5.